The van der Waals surface area contributed by atoms with Crippen molar-refractivity contribution in [3.05, 3.63) is 35.6 Å². The number of nitrogens with two attached hydrogens (primary N) is 1. The Hall–Kier alpha value is -1.47. The van der Waals surface area contributed by atoms with Gasteiger partial charge in [-0.05, 0) is 24.6 Å². The highest BCUT2D eigenvalue weighted by Crippen LogP contribution is 2.55. The van der Waals surface area contributed by atoms with E-state index in [1.165, 1.54) is 25.1 Å². The van der Waals surface area contributed by atoms with Crippen LogP contribution in [0.25, 0.3) is 0 Å². The molecule has 5 nitrogen and oxygen atoms in total. The molecule has 21 heavy (non-hydrogen) atoms. The number of ether oxygens (including phenoxy) is 1. The van der Waals surface area contributed by atoms with E-state index in [1.807, 2.05) is 0 Å². The van der Waals surface area contributed by atoms with Crippen molar-refractivity contribution >= 4 is 15.8 Å². The predicted octanol–water partition coefficient (Wildman–Crippen LogP) is 0.987. The molecule has 0 spiro atoms. The van der Waals surface area contributed by atoms with Crippen molar-refractivity contribution in [3.63, 3.8) is 0 Å². The normalized spacial score (nSPS) is 28.2. The number of carbonyl (C=O) groups excluding carboxylic acids is 1. The number of carbonyl (C=O) groups is 1. The molecule has 2 N–H and O–H groups in total. The fourth-order valence-electron chi connectivity index (χ4n) is 2.71. The first-order chi connectivity index (χ1) is 9.79. The van der Waals surface area contributed by atoms with E-state index in [-0.39, 0.29) is 12.4 Å². The lowest BCUT2D eigenvalue weighted by molar-refractivity contribution is -0.145. The minimum absolute atomic E-state index is 0.104. The first-order valence-corrected chi connectivity index (χ1v) is 8.43. The minimum atomic E-state index is -3.55. The lowest BCUT2D eigenvalue weighted by Crippen LogP contribution is -2.41. The number of sulfone groups is 1. The number of rotatable bonds is 5. The highest BCUT2D eigenvalue weighted by molar-refractivity contribution is 7.92. The van der Waals surface area contributed by atoms with E-state index < -0.39 is 38.3 Å². The Labute approximate surface area is 123 Å². The van der Waals surface area contributed by atoms with Gasteiger partial charge in [-0.25, -0.2) is 17.6 Å². The summed E-state index contributed by atoms with van der Waals surface area (Å²) in [7, 11) is -3.55. The lowest BCUT2D eigenvalue weighted by Gasteiger charge is -2.10. The summed E-state index contributed by atoms with van der Waals surface area (Å²) in [5, 5.41) is -1.07. The third-order valence-electron chi connectivity index (χ3n) is 3.81. The highest BCUT2D eigenvalue weighted by Gasteiger charge is 2.74. The van der Waals surface area contributed by atoms with Crippen molar-refractivity contribution in [2.75, 3.05) is 12.4 Å². The van der Waals surface area contributed by atoms with Gasteiger partial charge in [-0.2, -0.15) is 0 Å². The first kappa shape index (κ1) is 15.9. The Balaban J connectivity index is 2.45. The van der Waals surface area contributed by atoms with Gasteiger partial charge in [-0.3, -0.25) is 0 Å². The summed E-state index contributed by atoms with van der Waals surface area (Å²) in [5.41, 5.74) is 4.79. The second-order valence-electron chi connectivity index (χ2n) is 5.06. The van der Waals surface area contributed by atoms with E-state index in [0.717, 1.165) is 0 Å². The standard InChI is InChI=1S/C14H18FNO4S/c1-3-20-13(17)14(16)11(12(14)21(18,19)4-2)9-6-5-7-10(15)8-9/h5-8,11-12H,3-4,16H2,1-2H3. The van der Waals surface area contributed by atoms with Crippen molar-refractivity contribution in [1.82, 2.24) is 0 Å². The molecule has 0 heterocycles. The Morgan fingerprint density at radius 3 is 2.62 bits per heavy atom. The maximum Gasteiger partial charge on any atom is 0.328 e. The molecule has 1 aliphatic rings. The second-order valence-corrected chi connectivity index (χ2v) is 7.47. The second kappa shape index (κ2) is 5.38. The van der Waals surface area contributed by atoms with E-state index in [9.17, 15) is 17.6 Å². The van der Waals surface area contributed by atoms with Crippen LogP contribution in [0.15, 0.2) is 24.3 Å². The topological polar surface area (TPSA) is 86.5 Å². The molecule has 0 saturated heterocycles. The number of esters is 1. The summed E-state index contributed by atoms with van der Waals surface area (Å²) in [6, 6.07) is 5.48. The van der Waals surface area contributed by atoms with Gasteiger partial charge in [0.1, 0.15) is 11.4 Å². The van der Waals surface area contributed by atoms with Crippen LogP contribution in [0, 0.1) is 5.82 Å². The average Bonchev–Trinajstić information content (AvgIpc) is 3.08. The number of hydrogen-bond acceptors (Lipinski definition) is 5. The molecule has 0 aromatic heterocycles. The molecule has 1 fully saturated rings. The van der Waals surface area contributed by atoms with Gasteiger partial charge in [0.2, 0.25) is 0 Å². The quantitative estimate of drug-likeness (QED) is 0.819. The molecule has 3 unspecified atom stereocenters. The van der Waals surface area contributed by atoms with Crippen LogP contribution >= 0.6 is 0 Å². The van der Waals surface area contributed by atoms with Gasteiger partial charge in [0.15, 0.2) is 9.84 Å². The Morgan fingerprint density at radius 1 is 1.43 bits per heavy atom. The smallest absolute Gasteiger partial charge is 0.328 e. The third kappa shape index (κ3) is 2.55. The molecule has 0 amide bonds. The zero-order chi connectivity index (χ0) is 15.8. The van der Waals surface area contributed by atoms with E-state index in [1.54, 1.807) is 13.0 Å². The lowest BCUT2D eigenvalue weighted by atomic mass is 10.1. The van der Waals surface area contributed by atoms with E-state index in [0.29, 0.717) is 5.56 Å². The summed E-state index contributed by atoms with van der Waals surface area (Å²) in [5.74, 6) is -2.18. The van der Waals surface area contributed by atoms with Crippen LogP contribution in [0.3, 0.4) is 0 Å². The van der Waals surface area contributed by atoms with Gasteiger partial charge in [0.05, 0.1) is 11.9 Å². The number of benzene rings is 1. The van der Waals surface area contributed by atoms with Gasteiger partial charge < -0.3 is 10.5 Å². The van der Waals surface area contributed by atoms with Gasteiger partial charge in [-0.15, -0.1) is 0 Å². The van der Waals surface area contributed by atoms with E-state index in [2.05, 4.69) is 0 Å². The molecule has 116 valence electrons. The molecule has 7 heteroatoms. The van der Waals surface area contributed by atoms with Crippen LogP contribution in [-0.2, 0) is 19.4 Å². The van der Waals surface area contributed by atoms with Gasteiger partial charge in [-0.1, -0.05) is 19.1 Å². The predicted molar refractivity (Wildman–Crippen MR) is 75.9 cm³/mol. The monoisotopic (exact) mass is 315 g/mol. The molecule has 1 aromatic carbocycles. The van der Waals surface area contributed by atoms with Crippen LogP contribution in [0.5, 0.6) is 0 Å². The van der Waals surface area contributed by atoms with Crippen molar-refractivity contribution in [2.24, 2.45) is 5.73 Å². The maximum absolute atomic E-state index is 13.4. The van der Waals surface area contributed by atoms with Crippen molar-refractivity contribution in [2.45, 2.75) is 30.6 Å². The number of hydrogen-bond donors (Lipinski definition) is 1. The molecule has 1 aromatic rings. The highest BCUT2D eigenvalue weighted by atomic mass is 32.2. The minimum Gasteiger partial charge on any atom is -0.465 e. The van der Waals surface area contributed by atoms with Crippen LogP contribution in [0.1, 0.15) is 25.3 Å². The summed E-state index contributed by atoms with van der Waals surface area (Å²) >= 11 is 0. The molecule has 0 radical (unpaired) electrons. The zero-order valence-corrected chi connectivity index (χ0v) is 12.7. The van der Waals surface area contributed by atoms with Crippen molar-refractivity contribution in [3.8, 4) is 0 Å². The summed E-state index contributed by atoms with van der Waals surface area (Å²) < 4.78 is 42.6. The van der Waals surface area contributed by atoms with Crippen LogP contribution < -0.4 is 5.73 Å². The van der Waals surface area contributed by atoms with Gasteiger partial charge >= 0.3 is 5.97 Å². The number of halogens is 1. The molecule has 1 saturated carbocycles. The largest absolute Gasteiger partial charge is 0.465 e. The molecule has 0 aliphatic heterocycles. The SMILES string of the molecule is CCOC(=O)C1(N)C(c2cccc(F)c2)C1S(=O)(=O)CC. The first-order valence-electron chi connectivity index (χ1n) is 6.72. The van der Waals surface area contributed by atoms with Crippen LogP contribution in [0.4, 0.5) is 4.39 Å². The summed E-state index contributed by atoms with van der Waals surface area (Å²) in [6.07, 6.45) is 0. The molecule has 0 bridgehead atoms. The Morgan fingerprint density at radius 2 is 2.10 bits per heavy atom. The van der Waals surface area contributed by atoms with Crippen LogP contribution in [0.2, 0.25) is 0 Å². The molecular weight excluding hydrogens is 297 g/mol. The fourth-order valence-corrected chi connectivity index (χ4v) is 4.62. The molecular formula is C14H18FNO4S. The average molecular weight is 315 g/mol. The van der Waals surface area contributed by atoms with Gasteiger partial charge in [0.25, 0.3) is 0 Å². The summed E-state index contributed by atoms with van der Waals surface area (Å²) in [4.78, 5) is 12.1. The summed E-state index contributed by atoms with van der Waals surface area (Å²) in [6.45, 7) is 3.21. The van der Waals surface area contributed by atoms with Crippen molar-refractivity contribution < 1.29 is 22.3 Å². The Bertz CT molecular complexity index is 661. The fraction of sp³-hybridized carbons (Fsp3) is 0.500. The third-order valence-corrected chi connectivity index (χ3v) is 6.05. The molecule has 1 aliphatic carbocycles. The zero-order valence-electron chi connectivity index (χ0n) is 11.9. The molecule has 2 rings (SSSR count). The van der Waals surface area contributed by atoms with Crippen LogP contribution in [-0.4, -0.2) is 37.5 Å². The molecule has 3 atom stereocenters. The maximum atomic E-state index is 13.4. The Kier molecular flexibility index (Phi) is 4.08. The van der Waals surface area contributed by atoms with E-state index in [4.69, 9.17) is 10.5 Å². The van der Waals surface area contributed by atoms with Gasteiger partial charge in [0, 0.05) is 11.7 Å². The van der Waals surface area contributed by atoms with E-state index >= 15 is 0 Å². The van der Waals surface area contributed by atoms with Crippen molar-refractivity contribution in [1.29, 1.82) is 0 Å².